The Kier molecular flexibility index (Phi) is 4.62. The van der Waals surface area contributed by atoms with E-state index in [2.05, 4.69) is 6.58 Å². The maximum absolute atomic E-state index is 13.6. The Hall–Kier alpha value is -3.17. The van der Waals surface area contributed by atoms with Gasteiger partial charge in [-0.1, -0.05) is 84.4 Å². The van der Waals surface area contributed by atoms with Gasteiger partial charge in [-0.15, -0.1) is 6.58 Å². The minimum absolute atomic E-state index is 0.317. The van der Waals surface area contributed by atoms with Gasteiger partial charge in [-0.25, -0.2) is 0 Å². The third kappa shape index (κ3) is 2.85. The van der Waals surface area contributed by atoms with Crippen molar-refractivity contribution in [3.05, 3.63) is 114 Å². The van der Waals surface area contributed by atoms with Crippen LogP contribution in [0.5, 0.6) is 0 Å². The molecule has 0 aromatic heterocycles. The van der Waals surface area contributed by atoms with Crippen molar-refractivity contribution >= 4 is 11.6 Å². The van der Waals surface area contributed by atoms with Gasteiger partial charge < -0.3 is 10.0 Å². The molecular weight excluding hydrogens is 346 g/mol. The second kappa shape index (κ2) is 7.10. The molecule has 1 amide bonds. The molecule has 0 fully saturated rings. The summed E-state index contributed by atoms with van der Waals surface area (Å²) in [4.78, 5) is 15.2. The van der Waals surface area contributed by atoms with E-state index in [0.29, 0.717) is 12.1 Å². The summed E-state index contributed by atoms with van der Waals surface area (Å²) in [5, 5.41) is 11.8. The van der Waals surface area contributed by atoms with Crippen molar-refractivity contribution < 1.29 is 9.90 Å². The van der Waals surface area contributed by atoms with Gasteiger partial charge in [0.15, 0.2) is 5.60 Å². The summed E-state index contributed by atoms with van der Waals surface area (Å²) in [7, 11) is 0. The molecule has 1 aliphatic heterocycles. The van der Waals surface area contributed by atoms with E-state index in [1.807, 2.05) is 85.8 Å². The number of hydrogen-bond donors (Lipinski definition) is 1. The molecule has 0 saturated heterocycles. The van der Waals surface area contributed by atoms with Crippen LogP contribution in [0, 0.1) is 6.92 Å². The van der Waals surface area contributed by atoms with Crippen molar-refractivity contribution in [2.24, 2.45) is 0 Å². The van der Waals surface area contributed by atoms with Gasteiger partial charge in [0.05, 0.1) is 12.2 Å². The topological polar surface area (TPSA) is 40.5 Å². The predicted molar refractivity (Wildman–Crippen MR) is 112 cm³/mol. The lowest BCUT2D eigenvalue weighted by atomic mass is 9.78. The minimum atomic E-state index is -1.68. The number of aryl methyl sites for hydroxylation is 1. The summed E-state index contributed by atoms with van der Waals surface area (Å²) < 4.78 is 0. The Morgan fingerprint density at radius 1 is 1.00 bits per heavy atom. The van der Waals surface area contributed by atoms with E-state index in [-0.39, 0.29) is 5.91 Å². The maximum atomic E-state index is 13.6. The van der Waals surface area contributed by atoms with Crippen molar-refractivity contribution in [2.75, 3.05) is 4.90 Å². The molecule has 3 aromatic rings. The van der Waals surface area contributed by atoms with Crippen molar-refractivity contribution in [1.82, 2.24) is 0 Å². The Bertz CT molecular complexity index is 1010. The fourth-order valence-electron chi connectivity index (χ4n) is 4.00. The van der Waals surface area contributed by atoms with Crippen molar-refractivity contribution in [3.63, 3.8) is 0 Å². The third-order valence-electron chi connectivity index (χ3n) is 5.48. The summed E-state index contributed by atoms with van der Waals surface area (Å²) in [6, 6.07) is 25.2. The third-order valence-corrected chi connectivity index (χ3v) is 5.48. The highest BCUT2D eigenvalue weighted by Crippen LogP contribution is 2.49. The largest absolute Gasteiger partial charge is 0.374 e. The lowest BCUT2D eigenvalue weighted by Crippen LogP contribution is -2.44. The Labute approximate surface area is 165 Å². The van der Waals surface area contributed by atoms with Gasteiger partial charge in [0, 0.05) is 11.5 Å². The van der Waals surface area contributed by atoms with Crippen LogP contribution in [-0.2, 0) is 16.9 Å². The van der Waals surface area contributed by atoms with Crippen LogP contribution >= 0.6 is 0 Å². The number of fused-ring (bicyclic) bond motifs is 1. The lowest BCUT2D eigenvalue weighted by Gasteiger charge is -2.30. The summed E-state index contributed by atoms with van der Waals surface area (Å²) >= 11 is 0. The minimum Gasteiger partial charge on any atom is -0.374 e. The number of hydrogen-bond acceptors (Lipinski definition) is 2. The molecule has 3 nitrogen and oxygen atoms in total. The van der Waals surface area contributed by atoms with Crippen molar-refractivity contribution in [2.45, 2.75) is 25.0 Å². The first kappa shape index (κ1) is 18.2. The number of para-hydroxylation sites is 1. The molecule has 1 N–H and O–H groups in total. The molecule has 2 atom stereocenters. The molecule has 1 heterocycles. The number of nitrogens with zero attached hydrogens (tertiary/aromatic N) is 1. The molecule has 3 heteroatoms. The standard InChI is InChI=1S/C25H23NO2/c1-3-21(20-9-5-4-6-10-20)25(28)22-11-7-8-12-23(22)26(24(25)27)17-19-15-13-18(2)14-16-19/h3-16,21,28H,1,17H2,2H3/t21-,25-/m0/s1. The summed E-state index contributed by atoms with van der Waals surface area (Å²) in [6.07, 6.45) is 1.67. The van der Waals surface area contributed by atoms with Crippen molar-refractivity contribution in [1.29, 1.82) is 0 Å². The SMILES string of the molecule is C=C[C@@H](c1ccccc1)[C@@]1(O)C(=O)N(Cc2ccc(C)cc2)c2ccccc21. The molecule has 3 aromatic carbocycles. The van der Waals surface area contributed by atoms with E-state index in [4.69, 9.17) is 0 Å². The average molecular weight is 369 g/mol. The summed E-state index contributed by atoms with van der Waals surface area (Å²) in [5.74, 6) is -0.853. The van der Waals surface area contributed by atoms with Crippen molar-refractivity contribution in [3.8, 4) is 0 Å². The Morgan fingerprint density at radius 3 is 2.32 bits per heavy atom. The van der Waals surface area contributed by atoms with E-state index < -0.39 is 11.5 Å². The zero-order valence-corrected chi connectivity index (χ0v) is 15.9. The highest BCUT2D eigenvalue weighted by atomic mass is 16.3. The normalized spacial score (nSPS) is 19.4. The fourth-order valence-corrected chi connectivity index (χ4v) is 4.00. The molecule has 4 rings (SSSR count). The molecule has 0 saturated carbocycles. The molecule has 0 radical (unpaired) electrons. The molecule has 1 aliphatic rings. The zero-order valence-electron chi connectivity index (χ0n) is 15.9. The fraction of sp³-hybridized carbons (Fsp3) is 0.160. The Morgan fingerprint density at radius 2 is 1.64 bits per heavy atom. The van der Waals surface area contributed by atoms with Gasteiger partial charge >= 0.3 is 0 Å². The summed E-state index contributed by atoms with van der Waals surface area (Å²) in [5.41, 5.74) is 2.75. The first-order valence-electron chi connectivity index (χ1n) is 9.42. The van der Waals surface area contributed by atoms with Crippen LogP contribution in [0.25, 0.3) is 0 Å². The number of carbonyl (C=O) groups is 1. The van der Waals surface area contributed by atoms with E-state index in [1.54, 1.807) is 11.0 Å². The summed E-state index contributed by atoms with van der Waals surface area (Å²) in [6.45, 7) is 6.37. The second-order valence-electron chi connectivity index (χ2n) is 7.28. The maximum Gasteiger partial charge on any atom is 0.264 e. The number of rotatable bonds is 5. The number of anilines is 1. The first-order chi connectivity index (χ1) is 13.6. The number of benzene rings is 3. The van der Waals surface area contributed by atoms with Crippen LogP contribution in [0.2, 0.25) is 0 Å². The molecule has 0 aliphatic carbocycles. The lowest BCUT2D eigenvalue weighted by molar-refractivity contribution is -0.137. The van der Waals surface area contributed by atoms with E-state index in [1.165, 1.54) is 5.56 Å². The Balaban J connectivity index is 1.80. The molecule has 140 valence electrons. The van der Waals surface area contributed by atoms with Gasteiger partial charge in [-0.2, -0.15) is 0 Å². The zero-order chi connectivity index (χ0) is 19.7. The second-order valence-corrected chi connectivity index (χ2v) is 7.28. The highest BCUT2D eigenvalue weighted by Gasteiger charge is 2.54. The smallest absolute Gasteiger partial charge is 0.264 e. The number of carbonyl (C=O) groups excluding carboxylic acids is 1. The van der Waals surface area contributed by atoms with Gasteiger partial charge in [0.25, 0.3) is 5.91 Å². The quantitative estimate of drug-likeness (QED) is 0.662. The average Bonchev–Trinajstić information content (AvgIpc) is 2.94. The molecule has 0 bridgehead atoms. The number of amides is 1. The van der Waals surface area contributed by atoms with Gasteiger partial charge in [0.2, 0.25) is 0 Å². The monoisotopic (exact) mass is 369 g/mol. The molecule has 0 unspecified atom stereocenters. The van der Waals surface area contributed by atoms with Gasteiger partial charge in [-0.05, 0) is 24.1 Å². The molecule has 28 heavy (non-hydrogen) atoms. The predicted octanol–water partition coefficient (Wildman–Crippen LogP) is 4.70. The highest BCUT2D eigenvalue weighted by molar-refractivity contribution is 6.07. The van der Waals surface area contributed by atoms with Crippen LogP contribution in [0.15, 0.2) is 91.5 Å². The van der Waals surface area contributed by atoms with Crippen LogP contribution in [0.4, 0.5) is 5.69 Å². The molecule has 0 spiro atoms. The molecular formula is C25H23NO2. The van der Waals surface area contributed by atoms with Gasteiger partial charge in [0.1, 0.15) is 0 Å². The van der Waals surface area contributed by atoms with Crippen LogP contribution in [0.3, 0.4) is 0 Å². The number of aliphatic hydroxyl groups is 1. The van der Waals surface area contributed by atoms with Crippen LogP contribution in [0.1, 0.15) is 28.2 Å². The van der Waals surface area contributed by atoms with Crippen LogP contribution < -0.4 is 4.90 Å². The van der Waals surface area contributed by atoms with Gasteiger partial charge in [-0.3, -0.25) is 4.79 Å². The van der Waals surface area contributed by atoms with Crippen LogP contribution in [-0.4, -0.2) is 11.0 Å². The van der Waals surface area contributed by atoms with E-state index in [9.17, 15) is 9.90 Å². The van der Waals surface area contributed by atoms with E-state index >= 15 is 0 Å². The van der Waals surface area contributed by atoms with E-state index in [0.717, 1.165) is 16.8 Å². The first-order valence-corrected chi connectivity index (χ1v) is 9.42.